The molecule has 7 heteroatoms. The summed E-state index contributed by atoms with van der Waals surface area (Å²) in [5, 5.41) is 0. The van der Waals surface area contributed by atoms with Gasteiger partial charge in [-0.25, -0.2) is 0 Å². The second-order valence-electron chi connectivity index (χ2n) is 8.14. The van der Waals surface area contributed by atoms with Gasteiger partial charge in [-0.1, -0.05) is 25.1 Å². The fraction of sp³-hybridized carbons (Fsp3) is 0.636. The van der Waals surface area contributed by atoms with Crippen molar-refractivity contribution in [1.82, 2.24) is 9.80 Å². The molecule has 1 aromatic rings. The minimum Gasteiger partial charge on any atom is -0.493 e. The minimum absolute atomic E-state index is 0. The maximum Gasteiger partial charge on any atom is 0.227 e. The average molecular weight is 424 g/mol. The number of hydrogen-bond acceptors (Lipinski definition) is 4. The summed E-state index contributed by atoms with van der Waals surface area (Å²) in [4.78, 5) is 29.5. The summed E-state index contributed by atoms with van der Waals surface area (Å²) in [5.74, 6) is 1.53. The minimum atomic E-state index is -0.102. The number of para-hydroxylation sites is 1. The quantitative estimate of drug-likeness (QED) is 0.763. The van der Waals surface area contributed by atoms with Gasteiger partial charge in [-0.2, -0.15) is 0 Å². The number of piperidine rings is 2. The summed E-state index contributed by atoms with van der Waals surface area (Å²) >= 11 is 0. The van der Waals surface area contributed by atoms with Crippen molar-refractivity contribution in [2.45, 2.75) is 45.1 Å². The number of hydrogen-bond donors (Lipinski definition) is 1. The van der Waals surface area contributed by atoms with Crippen LogP contribution in [0.1, 0.15) is 39.0 Å². The molecule has 2 fully saturated rings. The van der Waals surface area contributed by atoms with Gasteiger partial charge in [0, 0.05) is 32.2 Å². The summed E-state index contributed by atoms with van der Waals surface area (Å²) in [6, 6.07) is 9.66. The lowest BCUT2D eigenvalue weighted by molar-refractivity contribution is -0.144. The molecule has 0 aliphatic carbocycles. The van der Waals surface area contributed by atoms with Crippen molar-refractivity contribution in [2.24, 2.45) is 17.6 Å². The number of amides is 2. The van der Waals surface area contributed by atoms with E-state index in [0.717, 1.165) is 44.5 Å². The zero-order valence-corrected chi connectivity index (χ0v) is 18.1. The summed E-state index contributed by atoms with van der Waals surface area (Å²) in [6.07, 6.45) is 4.08. The van der Waals surface area contributed by atoms with E-state index in [-0.39, 0.29) is 36.2 Å². The van der Waals surface area contributed by atoms with Crippen LogP contribution in [0.4, 0.5) is 0 Å². The molecule has 3 unspecified atom stereocenters. The smallest absolute Gasteiger partial charge is 0.227 e. The fourth-order valence-corrected chi connectivity index (χ4v) is 4.34. The van der Waals surface area contributed by atoms with Crippen LogP contribution in [0, 0.1) is 11.8 Å². The van der Waals surface area contributed by atoms with E-state index in [1.165, 1.54) is 0 Å². The summed E-state index contributed by atoms with van der Waals surface area (Å²) in [7, 11) is 0. The predicted octanol–water partition coefficient (Wildman–Crippen LogP) is 2.70. The lowest BCUT2D eigenvalue weighted by Crippen LogP contribution is -2.54. The van der Waals surface area contributed by atoms with Crippen LogP contribution in [0.5, 0.6) is 5.75 Å². The molecule has 2 N–H and O–H groups in total. The fourth-order valence-electron chi connectivity index (χ4n) is 4.34. The maximum absolute atomic E-state index is 13.1. The summed E-state index contributed by atoms with van der Waals surface area (Å²) in [6.45, 7) is 5.14. The van der Waals surface area contributed by atoms with Gasteiger partial charge in [-0.15, -0.1) is 12.4 Å². The molecular formula is C22H34ClN3O3. The van der Waals surface area contributed by atoms with E-state index >= 15 is 0 Å². The van der Waals surface area contributed by atoms with Gasteiger partial charge in [0.15, 0.2) is 0 Å². The molecule has 2 aliphatic rings. The first-order chi connectivity index (χ1) is 13.6. The maximum atomic E-state index is 13.1. The van der Waals surface area contributed by atoms with Crippen LogP contribution in [-0.4, -0.2) is 60.4 Å². The first-order valence-electron chi connectivity index (χ1n) is 10.5. The van der Waals surface area contributed by atoms with Crippen LogP contribution in [0.25, 0.3) is 0 Å². The molecule has 0 spiro atoms. The topological polar surface area (TPSA) is 75.9 Å². The van der Waals surface area contributed by atoms with E-state index < -0.39 is 0 Å². The van der Waals surface area contributed by atoms with E-state index in [9.17, 15) is 9.59 Å². The first kappa shape index (κ1) is 23.5. The highest BCUT2D eigenvalue weighted by molar-refractivity contribution is 5.85. The molecule has 1 aromatic carbocycles. The van der Waals surface area contributed by atoms with Crippen LogP contribution in [0.3, 0.4) is 0 Å². The Labute approximate surface area is 180 Å². The second kappa shape index (κ2) is 11.4. The number of nitrogens with zero attached hydrogens (tertiary/aromatic N) is 2. The third kappa shape index (κ3) is 6.34. The number of carbonyl (C=O) groups is 2. The van der Waals surface area contributed by atoms with E-state index in [1.54, 1.807) is 0 Å². The molecule has 0 aromatic heterocycles. The summed E-state index contributed by atoms with van der Waals surface area (Å²) < 4.78 is 5.64. The third-order valence-corrected chi connectivity index (χ3v) is 5.98. The van der Waals surface area contributed by atoms with Crippen molar-refractivity contribution >= 4 is 24.2 Å². The molecule has 3 rings (SSSR count). The van der Waals surface area contributed by atoms with Crippen LogP contribution in [0.15, 0.2) is 30.3 Å². The van der Waals surface area contributed by atoms with Crippen LogP contribution in [0.2, 0.25) is 0 Å². The van der Waals surface area contributed by atoms with Gasteiger partial charge < -0.3 is 20.3 Å². The van der Waals surface area contributed by atoms with E-state index in [4.69, 9.17) is 10.5 Å². The SMILES string of the molecule is CC1CCN(C(=O)C2CCCN(C(=O)CCOc3ccccc3)C2)C(CN)C1.Cl. The summed E-state index contributed by atoms with van der Waals surface area (Å²) in [5.41, 5.74) is 5.93. The highest BCUT2D eigenvalue weighted by Crippen LogP contribution is 2.26. The largest absolute Gasteiger partial charge is 0.493 e. The monoisotopic (exact) mass is 423 g/mol. The van der Waals surface area contributed by atoms with Gasteiger partial charge >= 0.3 is 0 Å². The van der Waals surface area contributed by atoms with E-state index in [0.29, 0.717) is 32.0 Å². The van der Waals surface area contributed by atoms with Gasteiger partial charge in [-0.3, -0.25) is 9.59 Å². The Kier molecular flexibility index (Phi) is 9.24. The average Bonchev–Trinajstić information content (AvgIpc) is 2.74. The second-order valence-corrected chi connectivity index (χ2v) is 8.14. The Morgan fingerprint density at radius 3 is 2.66 bits per heavy atom. The van der Waals surface area contributed by atoms with Crippen LogP contribution in [-0.2, 0) is 9.59 Å². The molecule has 2 aliphatic heterocycles. The first-order valence-corrected chi connectivity index (χ1v) is 10.5. The molecule has 0 saturated carbocycles. The van der Waals surface area contributed by atoms with Gasteiger partial charge in [-0.05, 0) is 43.7 Å². The Morgan fingerprint density at radius 1 is 1.17 bits per heavy atom. The lowest BCUT2D eigenvalue weighted by atomic mass is 9.89. The number of nitrogens with two attached hydrogens (primary N) is 1. The van der Waals surface area contributed by atoms with Crippen LogP contribution < -0.4 is 10.5 Å². The third-order valence-electron chi connectivity index (χ3n) is 5.98. The number of ether oxygens (including phenoxy) is 1. The Bertz CT molecular complexity index is 658. The van der Waals surface area contributed by atoms with Crippen molar-refractivity contribution in [3.8, 4) is 5.75 Å². The highest BCUT2D eigenvalue weighted by atomic mass is 35.5. The van der Waals surface area contributed by atoms with E-state index in [2.05, 4.69) is 6.92 Å². The van der Waals surface area contributed by atoms with Crippen molar-refractivity contribution in [3.05, 3.63) is 30.3 Å². The lowest BCUT2D eigenvalue weighted by Gasteiger charge is -2.41. The van der Waals surface area contributed by atoms with Crippen LogP contribution >= 0.6 is 12.4 Å². The molecule has 162 valence electrons. The number of rotatable bonds is 6. The zero-order chi connectivity index (χ0) is 19.9. The van der Waals surface area contributed by atoms with Gasteiger partial charge in [0.05, 0.1) is 18.9 Å². The molecule has 29 heavy (non-hydrogen) atoms. The standard InChI is InChI=1S/C22H33N3O3.ClH/c1-17-9-12-25(19(14-17)15-23)22(27)18-6-5-11-24(16-18)21(26)10-13-28-20-7-3-2-4-8-20;/h2-4,7-8,17-19H,5-6,9-16,23H2,1H3;1H. The Balaban J connectivity index is 0.00000300. The molecular weight excluding hydrogens is 390 g/mol. The van der Waals surface area contributed by atoms with Crippen molar-refractivity contribution in [3.63, 3.8) is 0 Å². The zero-order valence-electron chi connectivity index (χ0n) is 17.3. The Morgan fingerprint density at radius 2 is 1.93 bits per heavy atom. The number of likely N-dealkylation sites (tertiary alicyclic amines) is 2. The highest BCUT2D eigenvalue weighted by Gasteiger charge is 2.35. The van der Waals surface area contributed by atoms with E-state index in [1.807, 2.05) is 40.1 Å². The molecule has 3 atom stereocenters. The molecule has 2 heterocycles. The predicted molar refractivity (Wildman–Crippen MR) is 116 cm³/mol. The van der Waals surface area contributed by atoms with Gasteiger partial charge in [0.25, 0.3) is 0 Å². The molecule has 2 amide bonds. The number of benzene rings is 1. The normalized spacial score (nSPS) is 24.6. The van der Waals surface area contributed by atoms with Crippen molar-refractivity contribution in [2.75, 3.05) is 32.8 Å². The van der Waals surface area contributed by atoms with Gasteiger partial charge in [0.1, 0.15) is 5.75 Å². The Hall–Kier alpha value is -1.79. The molecule has 2 saturated heterocycles. The molecule has 0 radical (unpaired) electrons. The number of carbonyl (C=O) groups excluding carboxylic acids is 2. The molecule has 0 bridgehead atoms. The number of halogens is 1. The van der Waals surface area contributed by atoms with Crippen molar-refractivity contribution in [1.29, 1.82) is 0 Å². The van der Waals surface area contributed by atoms with Gasteiger partial charge in [0.2, 0.25) is 11.8 Å². The van der Waals surface area contributed by atoms with Crippen molar-refractivity contribution < 1.29 is 14.3 Å². The molecule has 6 nitrogen and oxygen atoms in total.